The molecule has 0 unspecified atom stereocenters. The molecule has 9 nitrogen and oxygen atoms in total. The van der Waals surface area contributed by atoms with Crippen LogP contribution in [0.15, 0.2) is 47.4 Å². The molecule has 0 saturated heterocycles. The highest BCUT2D eigenvalue weighted by Crippen LogP contribution is 2.29. The highest BCUT2D eigenvalue weighted by atomic mass is 32.2. The van der Waals surface area contributed by atoms with Gasteiger partial charge in [0.15, 0.2) is 0 Å². The molecule has 0 radical (unpaired) electrons. The number of aryl methyl sites for hydroxylation is 1. The summed E-state index contributed by atoms with van der Waals surface area (Å²) < 4.78 is 36.7. The van der Waals surface area contributed by atoms with Gasteiger partial charge in [0, 0.05) is 17.7 Å². The Morgan fingerprint density at radius 1 is 1.19 bits per heavy atom. The van der Waals surface area contributed by atoms with Crippen molar-refractivity contribution in [1.29, 1.82) is 0 Å². The topological polar surface area (TPSA) is 116 Å². The lowest BCUT2D eigenvalue weighted by molar-refractivity contribution is -0.385. The predicted molar refractivity (Wildman–Crippen MR) is 97.4 cm³/mol. The van der Waals surface area contributed by atoms with Crippen LogP contribution in [0, 0.1) is 17.0 Å². The molecule has 27 heavy (non-hydrogen) atoms. The maximum Gasteiger partial charge on any atom is 0.326 e. The number of nitrogens with zero attached hydrogens (tertiary/aromatic N) is 2. The van der Waals surface area contributed by atoms with Gasteiger partial charge in [-0.2, -0.15) is 0 Å². The summed E-state index contributed by atoms with van der Waals surface area (Å²) in [4.78, 5) is 22.0. The van der Waals surface area contributed by atoms with Crippen molar-refractivity contribution in [3.8, 4) is 5.75 Å². The van der Waals surface area contributed by atoms with E-state index in [2.05, 4.69) is 4.74 Å². The summed E-state index contributed by atoms with van der Waals surface area (Å²) in [6.07, 6.45) is 0. The van der Waals surface area contributed by atoms with Crippen LogP contribution < -0.4 is 9.04 Å². The summed E-state index contributed by atoms with van der Waals surface area (Å²) in [6.45, 7) is 0.899. The van der Waals surface area contributed by atoms with Gasteiger partial charge in [-0.3, -0.25) is 19.2 Å². The molecular formula is C17H18N2O7S. The second-order valence-corrected chi connectivity index (χ2v) is 7.36. The minimum atomic E-state index is -4.28. The van der Waals surface area contributed by atoms with Gasteiger partial charge in [-0.1, -0.05) is 12.1 Å². The van der Waals surface area contributed by atoms with Gasteiger partial charge in [0.2, 0.25) is 0 Å². The van der Waals surface area contributed by atoms with Gasteiger partial charge in [0.05, 0.1) is 29.7 Å². The fourth-order valence-corrected chi connectivity index (χ4v) is 3.76. The SMILES string of the molecule is COC(=O)CN(c1cccc(OC)c1)S(=O)(=O)c1ccc(C)c([N+](=O)[O-])c1. The number of anilines is 1. The van der Waals surface area contributed by atoms with E-state index in [9.17, 15) is 23.3 Å². The van der Waals surface area contributed by atoms with Crippen LogP contribution in [0.25, 0.3) is 0 Å². The number of hydrogen-bond donors (Lipinski definition) is 0. The molecule has 2 aromatic rings. The Morgan fingerprint density at radius 2 is 1.89 bits per heavy atom. The summed E-state index contributed by atoms with van der Waals surface area (Å²) in [5.41, 5.74) is 0.141. The van der Waals surface area contributed by atoms with E-state index < -0.39 is 27.5 Å². The summed E-state index contributed by atoms with van der Waals surface area (Å²) >= 11 is 0. The van der Waals surface area contributed by atoms with E-state index >= 15 is 0 Å². The average molecular weight is 394 g/mol. The molecule has 0 aliphatic carbocycles. The van der Waals surface area contributed by atoms with Crippen LogP contribution in [-0.2, 0) is 19.6 Å². The molecule has 0 heterocycles. The summed E-state index contributed by atoms with van der Waals surface area (Å²) in [5, 5.41) is 11.2. The van der Waals surface area contributed by atoms with E-state index in [4.69, 9.17) is 4.74 Å². The molecule has 144 valence electrons. The Bertz CT molecular complexity index is 973. The monoisotopic (exact) mass is 394 g/mol. The van der Waals surface area contributed by atoms with Crippen LogP contribution >= 0.6 is 0 Å². The van der Waals surface area contributed by atoms with E-state index in [-0.39, 0.29) is 16.3 Å². The first-order valence-corrected chi connectivity index (χ1v) is 9.13. The molecule has 0 N–H and O–H groups in total. The number of ether oxygens (including phenoxy) is 2. The molecule has 10 heteroatoms. The van der Waals surface area contributed by atoms with Crippen molar-refractivity contribution in [2.75, 3.05) is 25.1 Å². The normalized spacial score (nSPS) is 10.9. The molecule has 0 amide bonds. The standard InChI is InChI=1S/C17H18N2O7S/c1-12-7-8-15(10-16(12)19(21)22)27(23,24)18(11-17(20)26-3)13-5-4-6-14(9-13)25-2/h4-10H,11H2,1-3H3. The third-order valence-corrected chi connectivity index (χ3v) is 5.58. The van der Waals surface area contributed by atoms with E-state index in [1.165, 1.54) is 38.3 Å². The largest absolute Gasteiger partial charge is 0.497 e. The number of nitro benzene ring substituents is 1. The molecule has 0 spiro atoms. The number of carbonyl (C=O) groups excluding carboxylic acids is 1. The number of nitro groups is 1. The van der Waals surface area contributed by atoms with Crippen molar-refractivity contribution in [3.63, 3.8) is 0 Å². The molecule has 0 atom stereocenters. The van der Waals surface area contributed by atoms with Crippen molar-refractivity contribution in [2.24, 2.45) is 0 Å². The summed E-state index contributed by atoms with van der Waals surface area (Å²) in [7, 11) is -1.73. The zero-order chi connectivity index (χ0) is 20.2. The zero-order valence-electron chi connectivity index (χ0n) is 14.9. The number of hydrogen-bond acceptors (Lipinski definition) is 7. The van der Waals surface area contributed by atoms with Crippen molar-refractivity contribution in [3.05, 3.63) is 58.1 Å². The highest BCUT2D eigenvalue weighted by Gasteiger charge is 2.29. The van der Waals surface area contributed by atoms with Gasteiger partial charge in [-0.15, -0.1) is 0 Å². The van der Waals surface area contributed by atoms with Gasteiger partial charge < -0.3 is 9.47 Å². The summed E-state index contributed by atoms with van der Waals surface area (Å²) in [5.74, 6) is -0.407. The second kappa shape index (κ2) is 8.04. The first-order chi connectivity index (χ1) is 12.7. The van der Waals surface area contributed by atoms with E-state index in [0.29, 0.717) is 11.3 Å². The van der Waals surface area contributed by atoms with E-state index in [0.717, 1.165) is 17.5 Å². The maximum atomic E-state index is 13.1. The molecule has 0 aromatic heterocycles. The lowest BCUT2D eigenvalue weighted by Crippen LogP contribution is -2.36. The minimum absolute atomic E-state index is 0.156. The van der Waals surface area contributed by atoms with Crippen LogP contribution in [-0.4, -0.2) is 40.1 Å². The molecule has 0 aliphatic rings. The van der Waals surface area contributed by atoms with Crippen LogP contribution in [0.2, 0.25) is 0 Å². The number of rotatable bonds is 7. The third-order valence-electron chi connectivity index (χ3n) is 3.81. The lowest BCUT2D eigenvalue weighted by atomic mass is 10.2. The smallest absolute Gasteiger partial charge is 0.326 e. The number of methoxy groups -OCH3 is 2. The first-order valence-electron chi connectivity index (χ1n) is 7.69. The van der Waals surface area contributed by atoms with Gasteiger partial charge in [0.25, 0.3) is 15.7 Å². The van der Waals surface area contributed by atoms with Crippen LogP contribution in [0.3, 0.4) is 0 Å². The summed E-state index contributed by atoms with van der Waals surface area (Å²) in [6, 6.07) is 9.65. The number of benzene rings is 2. The number of carbonyl (C=O) groups is 1. The number of sulfonamides is 1. The molecule has 0 saturated carbocycles. The van der Waals surface area contributed by atoms with Gasteiger partial charge >= 0.3 is 5.97 Å². The van der Waals surface area contributed by atoms with Crippen molar-refractivity contribution >= 4 is 27.4 Å². The number of esters is 1. The lowest BCUT2D eigenvalue weighted by Gasteiger charge is -2.23. The Morgan fingerprint density at radius 3 is 2.48 bits per heavy atom. The van der Waals surface area contributed by atoms with Gasteiger partial charge in [-0.05, 0) is 25.1 Å². The fraction of sp³-hybridized carbons (Fsp3) is 0.235. The molecular weight excluding hydrogens is 376 g/mol. The molecule has 2 aromatic carbocycles. The predicted octanol–water partition coefficient (Wildman–Crippen LogP) is 2.28. The maximum absolute atomic E-state index is 13.1. The van der Waals surface area contributed by atoms with Gasteiger partial charge in [0.1, 0.15) is 12.3 Å². The van der Waals surface area contributed by atoms with Crippen molar-refractivity contribution < 1.29 is 27.6 Å². The quantitative estimate of drug-likeness (QED) is 0.402. The average Bonchev–Trinajstić information content (AvgIpc) is 2.65. The van der Waals surface area contributed by atoms with Crippen molar-refractivity contribution in [2.45, 2.75) is 11.8 Å². The minimum Gasteiger partial charge on any atom is -0.497 e. The first kappa shape index (κ1) is 20.2. The second-order valence-electron chi connectivity index (χ2n) is 5.49. The van der Waals surface area contributed by atoms with Crippen molar-refractivity contribution in [1.82, 2.24) is 0 Å². The van der Waals surface area contributed by atoms with Crippen LogP contribution in [0.4, 0.5) is 11.4 Å². The van der Waals surface area contributed by atoms with E-state index in [1.807, 2.05) is 0 Å². The van der Waals surface area contributed by atoms with Gasteiger partial charge in [-0.25, -0.2) is 8.42 Å². The Kier molecular flexibility index (Phi) is 6.01. The zero-order valence-corrected chi connectivity index (χ0v) is 15.7. The molecule has 0 aliphatic heterocycles. The third kappa shape index (κ3) is 4.34. The highest BCUT2D eigenvalue weighted by molar-refractivity contribution is 7.92. The Labute approximate surface area is 156 Å². The van der Waals surface area contributed by atoms with Crippen LogP contribution in [0.5, 0.6) is 5.75 Å². The molecule has 2 rings (SSSR count). The van der Waals surface area contributed by atoms with E-state index in [1.54, 1.807) is 12.1 Å². The molecule has 0 fully saturated rings. The Hall–Kier alpha value is -3.14. The Balaban J connectivity index is 2.61. The van der Waals surface area contributed by atoms with Crippen LogP contribution in [0.1, 0.15) is 5.56 Å². The fourth-order valence-electron chi connectivity index (χ4n) is 2.34. The molecule has 0 bridgehead atoms.